The van der Waals surface area contributed by atoms with Gasteiger partial charge in [-0.15, -0.1) is 0 Å². The number of phenolic OH excluding ortho intramolecular Hbond substituents is 2. The molecule has 2 aromatic carbocycles. The van der Waals surface area contributed by atoms with Crippen LogP contribution in [-0.4, -0.2) is 17.3 Å². The zero-order chi connectivity index (χ0) is 15.8. The van der Waals surface area contributed by atoms with E-state index in [1.165, 1.54) is 7.11 Å². The Bertz CT molecular complexity index is 667. The topological polar surface area (TPSA) is 49.7 Å². The molecule has 0 aliphatic heterocycles. The summed E-state index contributed by atoms with van der Waals surface area (Å²) in [7, 11) is 1.52. The second kappa shape index (κ2) is 5.32. The molecule has 3 nitrogen and oxygen atoms in total. The maximum absolute atomic E-state index is 10.3. The van der Waals surface area contributed by atoms with Crippen LogP contribution in [0.5, 0.6) is 17.2 Å². The van der Waals surface area contributed by atoms with Crippen molar-refractivity contribution in [1.82, 2.24) is 0 Å². The highest BCUT2D eigenvalue weighted by atomic mass is 16.5. The van der Waals surface area contributed by atoms with Gasteiger partial charge < -0.3 is 14.9 Å². The van der Waals surface area contributed by atoms with Crippen LogP contribution in [0, 0.1) is 6.92 Å². The third-order valence-electron chi connectivity index (χ3n) is 3.59. The number of hydrogen-bond donors (Lipinski definition) is 2. The molecule has 0 atom stereocenters. The molecule has 2 rings (SSSR count). The molecule has 0 heterocycles. The molecule has 0 amide bonds. The van der Waals surface area contributed by atoms with Gasteiger partial charge in [-0.05, 0) is 47.7 Å². The molecule has 2 aromatic rings. The van der Waals surface area contributed by atoms with Gasteiger partial charge in [-0.25, -0.2) is 0 Å². The van der Waals surface area contributed by atoms with E-state index in [2.05, 4.69) is 20.8 Å². The van der Waals surface area contributed by atoms with E-state index in [0.29, 0.717) is 16.9 Å². The molecule has 112 valence electrons. The van der Waals surface area contributed by atoms with Crippen molar-refractivity contribution in [2.75, 3.05) is 7.11 Å². The van der Waals surface area contributed by atoms with Gasteiger partial charge in [0.25, 0.3) is 0 Å². The van der Waals surface area contributed by atoms with Gasteiger partial charge in [-0.3, -0.25) is 0 Å². The number of aromatic hydroxyl groups is 2. The lowest BCUT2D eigenvalue weighted by atomic mass is 9.85. The molecule has 3 heteroatoms. The molecule has 0 saturated carbocycles. The van der Waals surface area contributed by atoms with E-state index >= 15 is 0 Å². The summed E-state index contributed by atoms with van der Waals surface area (Å²) in [6, 6.07) is 9.11. The average molecular weight is 286 g/mol. The van der Waals surface area contributed by atoms with Crippen molar-refractivity contribution >= 4 is 0 Å². The molecule has 0 bridgehead atoms. The van der Waals surface area contributed by atoms with E-state index in [0.717, 1.165) is 11.1 Å². The van der Waals surface area contributed by atoms with Gasteiger partial charge in [0.2, 0.25) is 0 Å². The minimum atomic E-state index is -0.0357. The van der Waals surface area contributed by atoms with Crippen LogP contribution in [0.25, 0.3) is 11.1 Å². The van der Waals surface area contributed by atoms with Gasteiger partial charge >= 0.3 is 0 Å². The first-order valence-electron chi connectivity index (χ1n) is 6.95. The predicted octanol–water partition coefficient (Wildman–Crippen LogP) is 4.38. The fourth-order valence-electron chi connectivity index (χ4n) is 2.32. The Hall–Kier alpha value is -2.16. The van der Waals surface area contributed by atoms with Gasteiger partial charge in [0.15, 0.2) is 11.5 Å². The van der Waals surface area contributed by atoms with Gasteiger partial charge in [0.05, 0.1) is 7.11 Å². The number of hydrogen-bond acceptors (Lipinski definition) is 3. The smallest absolute Gasteiger partial charge is 0.165 e. The average Bonchev–Trinajstić information content (AvgIpc) is 2.40. The summed E-state index contributed by atoms with van der Waals surface area (Å²) in [6.45, 7) is 8.26. The highest BCUT2D eigenvalue weighted by molar-refractivity contribution is 5.79. The number of benzene rings is 2. The Labute approximate surface area is 125 Å². The highest BCUT2D eigenvalue weighted by Gasteiger charge is 2.19. The van der Waals surface area contributed by atoms with Gasteiger partial charge in [-0.1, -0.05) is 26.8 Å². The Balaban J connectivity index is 2.70. The molecule has 2 N–H and O–H groups in total. The quantitative estimate of drug-likeness (QED) is 0.861. The summed E-state index contributed by atoms with van der Waals surface area (Å²) in [5, 5.41) is 20.5. The van der Waals surface area contributed by atoms with Crippen molar-refractivity contribution in [3.05, 3.63) is 41.5 Å². The molecular formula is C18H22O3. The zero-order valence-electron chi connectivity index (χ0n) is 13.2. The normalized spacial score (nSPS) is 11.5. The number of rotatable bonds is 2. The first kappa shape index (κ1) is 15.2. The van der Waals surface area contributed by atoms with E-state index in [1.54, 1.807) is 12.1 Å². The molecule has 0 aliphatic carbocycles. The summed E-state index contributed by atoms with van der Waals surface area (Å²) in [5.41, 5.74) is 3.21. The molecule has 0 saturated heterocycles. The maximum Gasteiger partial charge on any atom is 0.165 e. The first-order chi connectivity index (χ1) is 9.74. The van der Waals surface area contributed by atoms with Crippen LogP contribution in [0.15, 0.2) is 30.3 Å². The highest BCUT2D eigenvalue weighted by Crippen LogP contribution is 2.42. The summed E-state index contributed by atoms with van der Waals surface area (Å²) in [6.07, 6.45) is 0. The third kappa shape index (κ3) is 2.97. The molecule has 0 radical (unpaired) electrons. The van der Waals surface area contributed by atoms with Gasteiger partial charge in [0, 0.05) is 11.1 Å². The third-order valence-corrected chi connectivity index (χ3v) is 3.59. The lowest BCUT2D eigenvalue weighted by Gasteiger charge is -2.21. The summed E-state index contributed by atoms with van der Waals surface area (Å²) < 4.78 is 5.19. The minimum Gasteiger partial charge on any atom is -0.507 e. The maximum atomic E-state index is 10.3. The van der Waals surface area contributed by atoms with Crippen molar-refractivity contribution in [2.24, 2.45) is 0 Å². The van der Waals surface area contributed by atoms with Crippen LogP contribution < -0.4 is 4.74 Å². The lowest BCUT2D eigenvalue weighted by Crippen LogP contribution is -2.10. The van der Waals surface area contributed by atoms with Gasteiger partial charge in [0.1, 0.15) is 5.75 Å². The monoisotopic (exact) mass is 286 g/mol. The van der Waals surface area contributed by atoms with Crippen LogP contribution in [0.3, 0.4) is 0 Å². The van der Waals surface area contributed by atoms with Crippen LogP contribution in [-0.2, 0) is 5.41 Å². The lowest BCUT2D eigenvalue weighted by molar-refractivity contribution is 0.374. The van der Waals surface area contributed by atoms with Crippen LogP contribution in [0.4, 0.5) is 0 Å². The first-order valence-corrected chi connectivity index (χ1v) is 6.95. The molecule has 0 fully saturated rings. The van der Waals surface area contributed by atoms with E-state index in [9.17, 15) is 10.2 Å². The van der Waals surface area contributed by atoms with Crippen molar-refractivity contribution in [3.8, 4) is 28.4 Å². The van der Waals surface area contributed by atoms with Crippen molar-refractivity contribution in [1.29, 1.82) is 0 Å². The predicted molar refractivity (Wildman–Crippen MR) is 85.2 cm³/mol. The van der Waals surface area contributed by atoms with E-state index in [-0.39, 0.29) is 16.9 Å². The summed E-state index contributed by atoms with van der Waals surface area (Å²) in [5.74, 6) is 0.598. The number of ether oxygens (including phenoxy) is 1. The second-order valence-corrected chi connectivity index (χ2v) is 6.35. The fourth-order valence-corrected chi connectivity index (χ4v) is 2.32. The van der Waals surface area contributed by atoms with Crippen LogP contribution in [0.2, 0.25) is 0 Å². The van der Waals surface area contributed by atoms with Gasteiger partial charge in [-0.2, -0.15) is 0 Å². The van der Waals surface area contributed by atoms with Crippen molar-refractivity contribution in [2.45, 2.75) is 33.1 Å². The molecule has 0 spiro atoms. The Morgan fingerprint density at radius 2 is 1.62 bits per heavy atom. The van der Waals surface area contributed by atoms with Crippen LogP contribution >= 0.6 is 0 Å². The Morgan fingerprint density at radius 1 is 0.952 bits per heavy atom. The molecule has 21 heavy (non-hydrogen) atoms. The Morgan fingerprint density at radius 3 is 2.19 bits per heavy atom. The number of aryl methyl sites for hydroxylation is 1. The second-order valence-electron chi connectivity index (χ2n) is 6.35. The Kier molecular flexibility index (Phi) is 3.86. The van der Waals surface area contributed by atoms with Crippen molar-refractivity contribution in [3.63, 3.8) is 0 Å². The van der Waals surface area contributed by atoms with Crippen LogP contribution in [0.1, 0.15) is 31.9 Å². The SMILES string of the molecule is COc1cc(C)cc(-c2cc(C(C)(C)C)ccc2O)c1O. The minimum absolute atomic E-state index is 0.0357. The molecule has 0 aliphatic rings. The zero-order valence-corrected chi connectivity index (χ0v) is 13.2. The largest absolute Gasteiger partial charge is 0.507 e. The fraction of sp³-hybridized carbons (Fsp3) is 0.333. The van der Waals surface area contributed by atoms with Crippen molar-refractivity contribution < 1.29 is 14.9 Å². The molecule has 0 unspecified atom stereocenters. The number of methoxy groups -OCH3 is 1. The molecule has 0 aromatic heterocycles. The molecular weight excluding hydrogens is 264 g/mol. The standard InChI is InChI=1S/C18H22O3/c1-11-8-14(17(20)16(9-11)21-5)13-10-12(18(2,3)4)6-7-15(13)19/h6-10,19-20H,1-5H3. The van der Waals surface area contributed by atoms with E-state index < -0.39 is 0 Å². The summed E-state index contributed by atoms with van der Waals surface area (Å²) >= 11 is 0. The van der Waals surface area contributed by atoms with E-state index in [4.69, 9.17) is 4.74 Å². The number of phenols is 2. The summed E-state index contributed by atoms with van der Waals surface area (Å²) in [4.78, 5) is 0. The van der Waals surface area contributed by atoms with E-state index in [1.807, 2.05) is 25.1 Å².